The van der Waals surface area contributed by atoms with Gasteiger partial charge in [0.15, 0.2) is 5.78 Å². The molecule has 0 unspecified atom stereocenters. The number of carbonyl (C=O) groups is 1. The second-order valence-electron chi connectivity index (χ2n) is 4.28. The van der Waals surface area contributed by atoms with E-state index >= 15 is 0 Å². The van der Waals surface area contributed by atoms with Crippen LogP contribution in [-0.4, -0.2) is 22.9 Å². The number of hydrogen-bond acceptors (Lipinski definition) is 3. The number of Topliss-reactive ketones (excluding diaryl/α,β-unsaturated/α-hetero) is 1. The number of aryl methyl sites for hydroxylation is 1. The monoisotopic (exact) mass is 220 g/mol. The first kappa shape index (κ1) is 11.1. The molecule has 1 fully saturated rings. The number of ketones is 1. The molecule has 1 aromatic rings. The van der Waals surface area contributed by atoms with Crippen molar-refractivity contribution in [2.75, 3.05) is 6.54 Å². The predicted octanol–water partition coefficient (Wildman–Crippen LogP) is 0.249. The molecule has 0 spiro atoms. The Balaban J connectivity index is 2.05. The van der Waals surface area contributed by atoms with Gasteiger partial charge in [0, 0.05) is 25.7 Å². The van der Waals surface area contributed by atoms with E-state index in [2.05, 4.69) is 5.32 Å². The maximum absolute atomic E-state index is 11.8. The molecule has 16 heavy (non-hydrogen) atoms. The lowest BCUT2D eigenvalue weighted by Gasteiger charge is -2.08. The molecule has 1 aliphatic rings. The molecule has 0 saturated carbocycles. The highest BCUT2D eigenvalue weighted by atomic mass is 16.1. The minimum absolute atomic E-state index is 0.0101. The van der Waals surface area contributed by atoms with Gasteiger partial charge in [0.2, 0.25) is 0 Å². The summed E-state index contributed by atoms with van der Waals surface area (Å²) >= 11 is 0. The molecule has 2 heterocycles. The van der Waals surface area contributed by atoms with Gasteiger partial charge in [-0.05, 0) is 31.0 Å². The van der Waals surface area contributed by atoms with E-state index in [1.807, 2.05) is 6.07 Å². The quantitative estimate of drug-likeness (QED) is 0.794. The summed E-state index contributed by atoms with van der Waals surface area (Å²) in [6, 6.07) is 3.35. The Hall–Kier alpha value is -1.42. The van der Waals surface area contributed by atoms with Crippen molar-refractivity contribution in [3.8, 4) is 0 Å². The van der Waals surface area contributed by atoms with Crippen LogP contribution in [0.4, 0.5) is 0 Å². The highest BCUT2D eigenvalue weighted by Crippen LogP contribution is 2.09. The van der Waals surface area contributed by atoms with Crippen molar-refractivity contribution in [3.05, 3.63) is 34.2 Å². The molecule has 86 valence electrons. The van der Waals surface area contributed by atoms with Crippen LogP contribution in [0.3, 0.4) is 0 Å². The van der Waals surface area contributed by atoms with Gasteiger partial charge in [-0.25, -0.2) is 0 Å². The Morgan fingerprint density at radius 1 is 1.62 bits per heavy atom. The number of hydrogen-bond donors (Lipinski definition) is 1. The fourth-order valence-electron chi connectivity index (χ4n) is 1.98. The van der Waals surface area contributed by atoms with Crippen LogP contribution in [0.15, 0.2) is 23.1 Å². The zero-order valence-electron chi connectivity index (χ0n) is 9.40. The maximum Gasteiger partial charge on any atom is 0.250 e. The van der Waals surface area contributed by atoms with Crippen LogP contribution in [0.2, 0.25) is 0 Å². The molecule has 1 aliphatic heterocycles. The van der Waals surface area contributed by atoms with E-state index in [0.717, 1.165) is 24.9 Å². The molecule has 1 saturated heterocycles. The van der Waals surface area contributed by atoms with Gasteiger partial charge in [-0.1, -0.05) is 0 Å². The number of carbonyl (C=O) groups excluding carboxylic acids is 1. The summed E-state index contributed by atoms with van der Waals surface area (Å²) in [6.07, 6.45) is 4.04. The van der Waals surface area contributed by atoms with Crippen molar-refractivity contribution in [2.24, 2.45) is 7.05 Å². The van der Waals surface area contributed by atoms with Crippen LogP contribution >= 0.6 is 0 Å². The van der Waals surface area contributed by atoms with Crippen molar-refractivity contribution in [2.45, 2.75) is 25.3 Å². The Labute approximate surface area is 94.3 Å². The summed E-state index contributed by atoms with van der Waals surface area (Å²) in [5.74, 6) is 0.186. The van der Waals surface area contributed by atoms with E-state index in [1.54, 1.807) is 13.2 Å². The lowest BCUT2D eigenvalue weighted by atomic mass is 10.0. The lowest BCUT2D eigenvalue weighted by molar-refractivity contribution is -0.120. The zero-order valence-corrected chi connectivity index (χ0v) is 9.40. The van der Waals surface area contributed by atoms with Crippen molar-refractivity contribution in [1.29, 1.82) is 0 Å². The molecular weight excluding hydrogens is 204 g/mol. The molecule has 4 heteroatoms. The topological polar surface area (TPSA) is 51.1 Å². The van der Waals surface area contributed by atoms with Gasteiger partial charge in [-0.2, -0.15) is 0 Å². The Bertz CT molecular complexity index is 445. The molecule has 0 bridgehead atoms. The van der Waals surface area contributed by atoms with Crippen LogP contribution < -0.4 is 10.9 Å². The largest absolute Gasteiger partial charge is 0.319 e. The smallest absolute Gasteiger partial charge is 0.250 e. The standard InChI is InChI=1S/C12H16N2O2/c1-14-6-4-9(8-12(14)16)7-11(15)10-3-2-5-13-10/h4,6,8,10,13H,2-3,5,7H2,1H3/t10-/m0/s1. The lowest BCUT2D eigenvalue weighted by Crippen LogP contribution is -2.32. The second kappa shape index (κ2) is 4.61. The number of nitrogens with zero attached hydrogens (tertiary/aromatic N) is 1. The Morgan fingerprint density at radius 2 is 2.44 bits per heavy atom. The minimum Gasteiger partial charge on any atom is -0.319 e. The van der Waals surface area contributed by atoms with Crippen LogP contribution in [0.5, 0.6) is 0 Å². The van der Waals surface area contributed by atoms with Gasteiger partial charge in [-0.3, -0.25) is 9.59 Å². The van der Waals surface area contributed by atoms with Gasteiger partial charge in [0.05, 0.1) is 6.04 Å². The van der Waals surface area contributed by atoms with Gasteiger partial charge in [0.25, 0.3) is 5.56 Å². The minimum atomic E-state index is -0.0651. The van der Waals surface area contributed by atoms with E-state index in [0.29, 0.717) is 6.42 Å². The first-order valence-electron chi connectivity index (χ1n) is 5.58. The van der Waals surface area contributed by atoms with Gasteiger partial charge in [-0.15, -0.1) is 0 Å². The Kier molecular flexibility index (Phi) is 3.19. The van der Waals surface area contributed by atoms with E-state index in [9.17, 15) is 9.59 Å². The maximum atomic E-state index is 11.8. The first-order valence-corrected chi connectivity index (χ1v) is 5.58. The molecule has 0 aliphatic carbocycles. The second-order valence-corrected chi connectivity index (χ2v) is 4.28. The van der Waals surface area contributed by atoms with E-state index < -0.39 is 0 Å². The fraction of sp³-hybridized carbons (Fsp3) is 0.500. The fourth-order valence-corrected chi connectivity index (χ4v) is 1.98. The summed E-state index contributed by atoms with van der Waals surface area (Å²) in [5.41, 5.74) is 0.742. The number of rotatable bonds is 3. The molecule has 1 atom stereocenters. The van der Waals surface area contributed by atoms with Crippen LogP contribution in [-0.2, 0) is 18.3 Å². The highest BCUT2D eigenvalue weighted by Gasteiger charge is 2.21. The van der Waals surface area contributed by atoms with Crippen LogP contribution in [0.25, 0.3) is 0 Å². The molecule has 4 nitrogen and oxygen atoms in total. The van der Waals surface area contributed by atoms with E-state index in [1.165, 1.54) is 10.6 Å². The molecule has 1 N–H and O–H groups in total. The van der Waals surface area contributed by atoms with Gasteiger partial charge in [0.1, 0.15) is 0 Å². The van der Waals surface area contributed by atoms with Crippen molar-refractivity contribution < 1.29 is 4.79 Å². The average Bonchev–Trinajstić information content (AvgIpc) is 2.77. The Morgan fingerprint density at radius 3 is 3.06 bits per heavy atom. The highest BCUT2D eigenvalue weighted by molar-refractivity contribution is 5.86. The average molecular weight is 220 g/mol. The SMILES string of the molecule is Cn1ccc(CC(=O)[C@@H]2CCCN2)cc1=O. The third-order valence-electron chi connectivity index (χ3n) is 3.00. The normalized spacial score (nSPS) is 19.9. The van der Waals surface area contributed by atoms with Gasteiger partial charge >= 0.3 is 0 Å². The molecule has 0 radical (unpaired) electrons. The van der Waals surface area contributed by atoms with E-state index in [4.69, 9.17) is 0 Å². The molecule has 0 aromatic carbocycles. The third kappa shape index (κ3) is 2.39. The van der Waals surface area contributed by atoms with Crippen molar-refractivity contribution >= 4 is 5.78 Å². The molecule has 0 amide bonds. The van der Waals surface area contributed by atoms with E-state index in [-0.39, 0.29) is 17.4 Å². The molecular formula is C12H16N2O2. The first-order chi connectivity index (χ1) is 7.66. The number of aromatic nitrogens is 1. The summed E-state index contributed by atoms with van der Waals surface area (Å²) in [4.78, 5) is 23.2. The molecule has 2 rings (SSSR count). The summed E-state index contributed by atoms with van der Waals surface area (Å²) in [6.45, 7) is 0.924. The van der Waals surface area contributed by atoms with Crippen LogP contribution in [0, 0.1) is 0 Å². The summed E-state index contributed by atoms with van der Waals surface area (Å²) < 4.78 is 1.50. The number of nitrogens with one attached hydrogen (secondary N) is 1. The van der Waals surface area contributed by atoms with Gasteiger partial charge < -0.3 is 9.88 Å². The summed E-state index contributed by atoms with van der Waals surface area (Å²) in [7, 11) is 1.70. The van der Waals surface area contributed by atoms with Crippen molar-refractivity contribution in [3.63, 3.8) is 0 Å². The predicted molar refractivity (Wildman–Crippen MR) is 61.4 cm³/mol. The number of pyridine rings is 1. The zero-order chi connectivity index (χ0) is 11.5. The third-order valence-corrected chi connectivity index (χ3v) is 3.00. The molecule has 1 aromatic heterocycles. The van der Waals surface area contributed by atoms with Crippen LogP contribution in [0.1, 0.15) is 18.4 Å². The summed E-state index contributed by atoms with van der Waals surface area (Å²) in [5, 5.41) is 3.17. The van der Waals surface area contributed by atoms with Crippen molar-refractivity contribution in [1.82, 2.24) is 9.88 Å².